The van der Waals surface area contributed by atoms with E-state index in [0.717, 1.165) is 33.4 Å². The van der Waals surface area contributed by atoms with Crippen LogP contribution in [0.5, 0.6) is 0 Å². The van der Waals surface area contributed by atoms with Crippen LogP contribution >= 0.6 is 23.6 Å². The van der Waals surface area contributed by atoms with Crippen molar-refractivity contribution >= 4 is 50.1 Å². The highest BCUT2D eigenvalue weighted by Gasteiger charge is 2.23. The van der Waals surface area contributed by atoms with Crippen LogP contribution < -0.4 is 15.4 Å². The third-order valence-corrected chi connectivity index (χ3v) is 10.4. The van der Waals surface area contributed by atoms with Crippen LogP contribution in [0.3, 0.4) is 0 Å². The molecule has 0 fully saturated rings. The third-order valence-electron chi connectivity index (χ3n) is 7.22. The second-order valence-electron chi connectivity index (χ2n) is 10.6. The smallest absolute Gasteiger partial charge is 0.269 e. The van der Waals surface area contributed by atoms with Gasteiger partial charge in [-0.1, -0.05) is 86.6 Å². The van der Waals surface area contributed by atoms with Gasteiger partial charge in [-0.2, -0.15) is 0 Å². The molecular weight excluding hydrogens is 625 g/mol. The number of nitro benzene ring substituents is 1. The summed E-state index contributed by atoms with van der Waals surface area (Å²) in [6, 6.07) is 32.5. The predicted molar refractivity (Wildman–Crippen MR) is 187 cm³/mol. The second kappa shape index (κ2) is 14.1. The highest BCUT2D eigenvalue weighted by atomic mass is 32.2. The SMILES string of the molecule is CC(C)c1ccc(-c2ccc(-c3ccccc3)cc2)c(-c2ccsc2S(=O)(=O)NCCNC(=S)Nc2ccc([N+](=O)[O-])cc2)c1. The number of hydrogen-bond donors (Lipinski definition) is 3. The van der Waals surface area contributed by atoms with E-state index < -0.39 is 14.9 Å². The molecule has 1 aromatic heterocycles. The van der Waals surface area contributed by atoms with Crippen molar-refractivity contribution < 1.29 is 13.3 Å². The average Bonchev–Trinajstić information content (AvgIpc) is 3.55. The van der Waals surface area contributed by atoms with Crippen LogP contribution in [0.4, 0.5) is 11.4 Å². The summed E-state index contributed by atoms with van der Waals surface area (Å²) in [7, 11) is -3.84. The van der Waals surface area contributed by atoms with Crippen LogP contribution in [-0.2, 0) is 10.0 Å². The van der Waals surface area contributed by atoms with Gasteiger partial charge in [0.15, 0.2) is 5.11 Å². The van der Waals surface area contributed by atoms with E-state index in [1.807, 2.05) is 24.3 Å². The molecule has 0 saturated carbocycles. The number of rotatable bonds is 11. The van der Waals surface area contributed by atoms with Gasteiger partial charge in [0, 0.05) is 36.5 Å². The largest absolute Gasteiger partial charge is 0.361 e. The van der Waals surface area contributed by atoms with Crippen LogP contribution in [0, 0.1) is 10.1 Å². The van der Waals surface area contributed by atoms with E-state index in [4.69, 9.17) is 12.2 Å². The lowest BCUT2D eigenvalue weighted by Crippen LogP contribution is -2.36. The molecule has 5 rings (SSSR count). The molecule has 4 aromatic carbocycles. The summed E-state index contributed by atoms with van der Waals surface area (Å²) in [4.78, 5) is 10.4. The van der Waals surface area contributed by atoms with E-state index in [1.54, 1.807) is 17.5 Å². The fourth-order valence-corrected chi connectivity index (χ4v) is 7.51. The maximum atomic E-state index is 13.5. The molecule has 0 aliphatic heterocycles. The number of nitrogens with one attached hydrogen (secondary N) is 3. The summed E-state index contributed by atoms with van der Waals surface area (Å²) in [5, 5.41) is 18.8. The van der Waals surface area contributed by atoms with Crippen LogP contribution in [0.15, 0.2) is 113 Å². The summed E-state index contributed by atoms with van der Waals surface area (Å²) in [6.45, 7) is 4.57. The molecule has 0 atom stereocenters. The zero-order valence-corrected chi connectivity index (χ0v) is 27.1. The molecule has 45 heavy (non-hydrogen) atoms. The van der Waals surface area contributed by atoms with Crippen molar-refractivity contribution in [1.29, 1.82) is 0 Å². The molecule has 0 aliphatic rings. The summed E-state index contributed by atoms with van der Waals surface area (Å²) in [5.41, 5.74) is 7.39. The van der Waals surface area contributed by atoms with Crippen molar-refractivity contribution in [2.24, 2.45) is 0 Å². The van der Waals surface area contributed by atoms with Gasteiger partial charge in [-0.3, -0.25) is 10.1 Å². The number of non-ortho nitro benzene ring substituents is 1. The average molecular weight is 657 g/mol. The molecule has 0 spiro atoms. The minimum Gasteiger partial charge on any atom is -0.361 e. The van der Waals surface area contributed by atoms with E-state index in [2.05, 4.69) is 83.8 Å². The van der Waals surface area contributed by atoms with Crippen molar-refractivity contribution in [3.05, 3.63) is 124 Å². The van der Waals surface area contributed by atoms with Gasteiger partial charge in [-0.25, -0.2) is 13.1 Å². The van der Waals surface area contributed by atoms with Gasteiger partial charge in [0.25, 0.3) is 15.7 Å². The quantitative estimate of drug-likeness (QED) is 0.0571. The van der Waals surface area contributed by atoms with Crippen LogP contribution in [0.1, 0.15) is 25.3 Å². The van der Waals surface area contributed by atoms with Crippen molar-refractivity contribution in [3.63, 3.8) is 0 Å². The first-order valence-electron chi connectivity index (χ1n) is 14.3. The van der Waals surface area contributed by atoms with Crippen LogP contribution in [-0.4, -0.2) is 31.5 Å². The number of anilines is 1. The second-order valence-corrected chi connectivity index (χ2v) is 13.9. The van der Waals surface area contributed by atoms with Gasteiger partial charge in [0.05, 0.1) is 4.92 Å². The molecule has 0 amide bonds. The Morgan fingerprint density at radius 3 is 2.16 bits per heavy atom. The van der Waals surface area contributed by atoms with Gasteiger partial charge in [0.1, 0.15) is 4.21 Å². The minimum atomic E-state index is -3.84. The van der Waals surface area contributed by atoms with E-state index in [1.165, 1.54) is 23.5 Å². The Morgan fingerprint density at radius 2 is 1.49 bits per heavy atom. The summed E-state index contributed by atoms with van der Waals surface area (Å²) in [6.07, 6.45) is 0. The Bertz CT molecular complexity index is 1910. The number of benzene rings is 4. The van der Waals surface area contributed by atoms with Gasteiger partial charge < -0.3 is 10.6 Å². The lowest BCUT2D eigenvalue weighted by atomic mass is 9.90. The van der Waals surface area contributed by atoms with E-state index >= 15 is 0 Å². The standard InChI is InChI=1S/C34H32N4O4S3/c1-23(2)27-12-17-30(26-10-8-25(9-11-26)24-6-4-3-5-7-24)32(22-27)31-18-21-44-33(31)45(41,42)36-20-19-35-34(43)37-28-13-15-29(16-14-28)38(39)40/h3-18,21-23,36H,19-20H2,1-2H3,(H2,35,37,43). The fraction of sp³-hybridized carbons (Fsp3) is 0.147. The molecule has 1 heterocycles. The molecule has 8 nitrogen and oxygen atoms in total. The lowest BCUT2D eigenvalue weighted by Gasteiger charge is -2.16. The molecule has 0 aliphatic carbocycles. The molecular formula is C34H32N4O4S3. The summed E-state index contributed by atoms with van der Waals surface area (Å²) >= 11 is 6.47. The zero-order valence-electron chi connectivity index (χ0n) is 24.7. The molecule has 3 N–H and O–H groups in total. The van der Waals surface area contributed by atoms with Crippen molar-refractivity contribution in [1.82, 2.24) is 10.0 Å². The maximum absolute atomic E-state index is 13.5. The Balaban J connectivity index is 1.31. The Hall–Kier alpha value is -4.42. The van der Waals surface area contributed by atoms with Crippen molar-refractivity contribution in [3.8, 4) is 33.4 Å². The van der Waals surface area contributed by atoms with Gasteiger partial charge >= 0.3 is 0 Å². The number of hydrogen-bond acceptors (Lipinski definition) is 6. The monoisotopic (exact) mass is 656 g/mol. The van der Waals surface area contributed by atoms with E-state index in [0.29, 0.717) is 11.3 Å². The molecule has 230 valence electrons. The van der Waals surface area contributed by atoms with Crippen LogP contribution in [0.25, 0.3) is 33.4 Å². The molecule has 11 heteroatoms. The van der Waals surface area contributed by atoms with Crippen molar-refractivity contribution in [2.75, 3.05) is 18.4 Å². The summed E-state index contributed by atoms with van der Waals surface area (Å²) in [5.74, 6) is 0.268. The number of thiocarbonyl (C=S) groups is 1. The molecule has 0 radical (unpaired) electrons. The Morgan fingerprint density at radius 1 is 0.822 bits per heavy atom. The van der Waals surface area contributed by atoms with Gasteiger partial charge in [0.2, 0.25) is 0 Å². The normalized spacial score (nSPS) is 11.4. The molecule has 5 aromatic rings. The molecule has 0 saturated heterocycles. The predicted octanol–water partition coefficient (Wildman–Crippen LogP) is 8.05. The number of thiophene rings is 1. The first kappa shape index (κ1) is 32.0. The highest BCUT2D eigenvalue weighted by Crippen LogP contribution is 2.40. The molecule has 0 unspecified atom stereocenters. The number of nitrogens with zero attached hydrogens (tertiary/aromatic N) is 1. The zero-order chi connectivity index (χ0) is 32.0. The Labute approximate surface area is 272 Å². The Kier molecular flexibility index (Phi) is 10.0. The summed E-state index contributed by atoms with van der Waals surface area (Å²) < 4.78 is 30.0. The third kappa shape index (κ3) is 7.81. The van der Waals surface area contributed by atoms with E-state index in [9.17, 15) is 18.5 Å². The maximum Gasteiger partial charge on any atom is 0.269 e. The number of sulfonamides is 1. The molecule has 0 bridgehead atoms. The topological polar surface area (TPSA) is 113 Å². The minimum absolute atomic E-state index is 0.0224. The van der Waals surface area contributed by atoms with E-state index in [-0.39, 0.29) is 34.0 Å². The van der Waals surface area contributed by atoms with Gasteiger partial charge in [-0.15, -0.1) is 11.3 Å². The first-order valence-corrected chi connectivity index (χ1v) is 17.1. The first-order chi connectivity index (χ1) is 21.6. The van der Waals surface area contributed by atoms with Crippen LogP contribution in [0.2, 0.25) is 0 Å². The van der Waals surface area contributed by atoms with Gasteiger partial charge in [-0.05, 0) is 75.1 Å². The highest BCUT2D eigenvalue weighted by molar-refractivity contribution is 7.91. The fourth-order valence-electron chi connectivity index (χ4n) is 4.84. The number of nitro groups is 1. The lowest BCUT2D eigenvalue weighted by molar-refractivity contribution is -0.384. The van der Waals surface area contributed by atoms with Crippen molar-refractivity contribution in [2.45, 2.75) is 24.0 Å².